The summed E-state index contributed by atoms with van der Waals surface area (Å²) in [4.78, 5) is 12.1. The third-order valence-corrected chi connectivity index (χ3v) is 4.94. The maximum absolute atomic E-state index is 12.1. The lowest BCUT2D eigenvalue weighted by molar-refractivity contribution is -0.147. The smallest absolute Gasteiger partial charge is 0.310 e. The lowest BCUT2D eigenvalue weighted by Crippen LogP contribution is -2.42. The number of esters is 1. The zero-order valence-electron chi connectivity index (χ0n) is 13.9. The highest BCUT2D eigenvalue weighted by atomic mass is 32.2. The lowest BCUT2D eigenvalue weighted by Gasteiger charge is -2.20. The molecule has 0 saturated heterocycles. The third kappa shape index (κ3) is 6.66. The quantitative estimate of drug-likeness (QED) is 0.635. The summed E-state index contributed by atoms with van der Waals surface area (Å²) in [5.74, 6) is -1.06. The Morgan fingerprint density at radius 1 is 1.38 bits per heavy atom. The lowest BCUT2D eigenvalue weighted by atomic mass is 10.00. The third-order valence-electron chi connectivity index (χ3n) is 3.41. The molecule has 1 rings (SSSR count). The van der Waals surface area contributed by atoms with Gasteiger partial charge >= 0.3 is 5.97 Å². The molecule has 0 saturated carbocycles. The summed E-state index contributed by atoms with van der Waals surface area (Å²) >= 11 is 0. The average Bonchev–Trinajstić information content (AvgIpc) is 2.57. The van der Waals surface area contributed by atoms with Gasteiger partial charge in [-0.3, -0.25) is 4.79 Å². The Kier molecular flexibility index (Phi) is 8.40. The molecule has 1 aromatic rings. The Morgan fingerprint density at radius 3 is 2.62 bits per heavy atom. The molecule has 1 atom stereocenters. The van der Waals surface area contributed by atoms with Crippen LogP contribution in [0.2, 0.25) is 0 Å². The second kappa shape index (κ2) is 10.0. The number of carbonyl (C=O) groups excluding carboxylic acids is 1. The molecule has 8 heteroatoms. The molecule has 0 aliphatic rings. The van der Waals surface area contributed by atoms with Crippen molar-refractivity contribution in [1.82, 2.24) is 9.03 Å². The van der Waals surface area contributed by atoms with Crippen LogP contribution in [0.3, 0.4) is 0 Å². The highest BCUT2D eigenvalue weighted by Gasteiger charge is 2.24. The molecule has 24 heavy (non-hydrogen) atoms. The molecule has 0 fully saturated rings. The van der Waals surface area contributed by atoms with Crippen LogP contribution in [0, 0.1) is 17.2 Å². The van der Waals surface area contributed by atoms with Crippen molar-refractivity contribution >= 4 is 16.2 Å². The van der Waals surface area contributed by atoms with Crippen LogP contribution in [0.5, 0.6) is 0 Å². The van der Waals surface area contributed by atoms with Gasteiger partial charge in [-0.2, -0.15) is 18.0 Å². The number of carbonyl (C=O) groups is 1. The molecule has 0 radical (unpaired) electrons. The highest BCUT2D eigenvalue weighted by Crippen LogP contribution is 2.11. The Hall–Kier alpha value is -1.95. The van der Waals surface area contributed by atoms with Gasteiger partial charge in [0, 0.05) is 26.6 Å². The van der Waals surface area contributed by atoms with Gasteiger partial charge in [-0.15, -0.1) is 0 Å². The first-order chi connectivity index (χ1) is 11.4. The number of hydrogen-bond donors (Lipinski definition) is 1. The molecule has 0 heterocycles. The average molecular weight is 353 g/mol. The van der Waals surface area contributed by atoms with Crippen LogP contribution in [-0.2, 0) is 26.2 Å². The number of benzene rings is 1. The Bertz CT molecular complexity index is 656. The van der Waals surface area contributed by atoms with Gasteiger partial charge in [0.2, 0.25) is 0 Å². The Labute approximate surface area is 143 Å². The molecule has 0 spiro atoms. The van der Waals surface area contributed by atoms with E-state index in [0.717, 1.165) is 9.87 Å². The monoisotopic (exact) mass is 353 g/mol. The molecule has 0 amide bonds. The van der Waals surface area contributed by atoms with Crippen LogP contribution < -0.4 is 4.72 Å². The van der Waals surface area contributed by atoms with Crippen molar-refractivity contribution in [1.29, 1.82) is 5.26 Å². The van der Waals surface area contributed by atoms with Crippen LogP contribution in [0.15, 0.2) is 30.3 Å². The first-order valence-corrected chi connectivity index (χ1v) is 9.13. The van der Waals surface area contributed by atoms with Crippen molar-refractivity contribution in [2.45, 2.75) is 19.8 Å². The first kappa shape index (κ1) is 20.1. The van der Waals surface area contributed by atoms with E-state index in [4.69, 9.17) is 10.00 Å². The molecule has 132 valence electrons. The van der Waals surface area contributed by atoms with E-state index in [1.165, 1.54) is 7.05 Å². The molecule has 0 bridgehead atoms. The summed E-state index contributed by atoms with van der Waals surface area (Å²) in [5, 5.41) is 8.54. The molecule has 0 aliphatic heterocycles. The van der Waals surface area contributed by atoms with E-state index < -0.39 is 22.1 Å². The highest BCUT2D eigenvalue weighted by molar-refractivity contribution is 7.87. The van der Waals surface area contributed by atoms with E-state index in [1.807, 2.05) is 36.4 Å². The fourth-order valence-electron chi connectivity index (χ4n) is 2.04. The number of ether oxygens (including phenoxy) is 1. The van der Waals surface area contributed by atoms with Gasteiger partial charge in [0.15, 0.2) is 0 Å². The van der Waals surface area contributed by atoms with Crippen molar-refractivity contribution < 1.29 is 17.9 Å². The number of nitriles is 1. The normalized spacial score (nSPS) is 12.6. The van der Waals surface area contributed by atoms with Crippen molar-refractivity contribution in [3.63, 3.8) is 0 Å². The molecular weight excluding hydrogens is 330 g/mol. The molecular formula is C16H23N3O4S. The largest absolute Gasteiger partial charge is 0.466 e. The van der Waals surface area contributed by atoms with E-state index in [0.29, 0.717) is 6.42 Å². The Morgan fingerprint density at radius 2 is 2.04 bits per heavy atom. The van der Waals surface area contributed by atoms with E-state index in [9.17, 15) is 13.2 Å². The first-order valence-electron chi connectivity index (χ1n) is 7.69. The second-order valence-corrected chi connectivity index (χ2v) is 7.08. The summed E-state index contributed by atoms with van der Waals surface area (Å²) in [5.41, 5.74) is 0.924. The van der Waals surface area contributed by atoms with E-state index in [-0.39, 0.29) is 26.1 Å². The van der Waals surface area contributed by atoms with Gasteiger partial charge < -0.3 is 4.74 Å². The number of nitrogens with zero attached hydrogens (tertiary/aromatic N) is 2. The van der Waals surface area contributed by atoms with Crippen LogP contribution in [-0.4, -0.2) is 45.4 Å². The Balaban J connectivity index is 2.74. The van der Waals surface area contributed by atoms with Gasteiger partial charge in [0.1, 0.15) is 0 Å². The number of rotatable bonds is 10. The maximum atomic E-state index is 12.1. The maximum Gasteiger partial charge on any atom is 0.310 e. The standard InChI is InChI=1S/C16H23N3O4S/c1-3-23-16(20)15(12-14-8-5-4-6-9-14)13-18-24(21,22)19(2)11-7-10-17/h4-6,8-9,15,18H,3,7,11-13H2,1-2H3/t15-/m0/s1. The summed E-state index contributed by atoms with van der Waals surface area (Å²) in [7, 11) is -2.36. The van der Waals surface area contributed by atoms with Crippen molar-refractivity contribution in [3.8, 4) is 6.07 Å². The van der Waals surface area contributed by atoms with Crippen LogP contribution in [0.4, 0.5) is 0 Å². The zero-order valence-corrected chi connectivity index (χ0v) is 14.8. The number of nitrogens with one attached hydrogen (secondary N) is 1. The topological polar surface area (TPSA) is 99.5 Å². The summed E-state index contributed by atoms with van der Waals surface area (Å²) < 4.78 is 32.8. The molecule has 7 nitrogen and oxygen atoms in total. The molecule has 1 aromatic carbocycles. The summed E-state index contributed by atoms with van der Waals surface area (Å²) in [6, 6.07) is 11.2. The van der Waals surface area contributed by atoms with E-state index in [2.05, 4.69) is 4.72 Å². The fourth-order valence-corrected chi connectivity index (χ4v) is 3.01. The second-order valence-electron chi connectivity index (χ2n) is 5.22. The molecule has 1 N–H and O–H groups in total. The zero-order chi connectivity index (χ0) is 18.0. The minimum atomic E-state index is -3.74. The fraction of sp³-hybridized carbons (Fsp3) is 0.500. The predicted octanol–water partition coefficient (Wildman–Crippen LogP) is 1.09. The minimum Gasteiger partial charge on any atom is -0.466 e. The van der Waals surface area contributed by atoms with Gasteiger partial charge in [0.25, 0.3) is 10.2 Å². The van der Waals surface area contributed by atoms with Gasteiger partial charge in [0.05, 0.1) is 18.6 Å². The minimum absolute atomic E-state index is 0.0625. The summed E-state index contributed by atoms with van der Waals surface area (Å²) in [6.07, 6.45) is 0.479. The number of hydrogen-bond acceptors (Lipinski definition) is 5. The van der Waals surface area contributed by atoms with Gasteiger partial charge in [-0.05, 0) is 18.9 Å². The predicted molar refractivity (Wildman–Crippen MR) is 90.1 cm³/mol. The van der Waals surface area contributed by atoms with E-state index in [1.54, 1.807) is 6.92 Å². The van der Waals surface area contributed by atoms with Crippen LogP contribution >= 0.6 is 0 Å². The van der Waals surface area contributed by atoms with Gasteiger partial charge in [-0.1, -0.05) is 30.3 Å². The molecule has 0 aromatic heterocycles. The van der Waals surface area contributed by atoms with Crippen molar-refractivity contribution in [3.05, 3.63) is 35.9 Å². The van der Waals surface area contributed by atoms with Crippen molar-refractivity contribution in [2.24, 2.45) is 5.92 Å². The van der Waals surface area contributed by atoms with Crippen LogP contribution in [0.25, 0.3) is 0 Å². The molecule has 0 unspecified atom stereocenters. The summed E-state index contributed by atoms with van der Waals surface area (Å²) in [6.45, 7) is 1.97. The van der Waals surface area contributed by atoms with Gasteiger partial charge in [-0.25, -0.2) is 4.72 Å². The van der Waals surface area contributed by atoms with E-state index >= 15 is 0 Å². The SMILES string of the molecule is CCOC(=O)[C@H](CNS(=O)(=O)N(C)CCC#N)Cc1ccccc1. The van der Waals surface area contributed by atoms with Crippen molar-refractivity contribution in [2.75, 3.05) is 26.7 Å². The van der Waals surface area contributed by atoms with Crippen LogP contribution in [0.1, 0.15) is 18.9 Å². The molecule has 0 aliphatic carbocycles.